The van der Waals surface area contributed by atoms with Crippen LogP contribution in [0.3, 0.4) is 0 Å². The van der Waals surface area contributed by atoms with Gasteiger partial charge >= 0.3 is 6.09 Å². The highest BCUT2D eigenvalue weighted by molar-refractivity contribution is 5.91. The van der Waals surface area contributed by atoms with Crippen molar-refractivity contribution in [3.8, 4) is 0 Å². The average molecular weight is 645 g/mol. The molecule has 2 unspecified atom stereocenters. The molecular weight excluding hydrogens is 596 g/mol. The molecule has 0 saturated carbocycles. The minimum Gasteiger partial charge on any atom is -0.445 e. The summed E-state index contributed by atoms with van der Waals surface area (Å²) < 4.78 is 17.5. The highest BCUT2D eigenvalue weighted by atomic mass is 16.7. The topological polar surface area (TPSA) is 127 Å². The molecule has 0 aromatic heterocycles. The first-order chi connectivity index (χ1) is 22.9. The third-order valence-electron chi connectivity index (χ3n) is 7.74. The third-order valence-corrected chi connectivity index (χ3v) is 7.74. The molecule has 1 aliphatic heterocycles. The molecule has 252 valence electrons. The first-order valence-corrected chi connectivity index (χ1v) is 16.5. The molecule has 0 aliphatic carbocycles. The Morgan fingerprint density at radius 2 is 1.45 bits per heavy atom. The van der Waals surface area contributed by atoms with E-state index >= 15 is 0 Å². The smallest absolute Gasteiger partial charge is 0.408 e. The van der Waals surface area contributed by atoms with Gasteiger partial charge in [-0.3, -0.25) is 9.59 Å². The monoisotopic (exact) mass is 644 g/mol. The number of para-hydroxylation sites is 1. The van der Waals surface area contributed by atoms with Crippen molar-refractivity contribution < 1.29 is 28.6 Å². The van der Waals surface area contributed by atoms with E-state index in [1.165, 1.54) is 0 Å². The summed E-state index contributed by atoms with van der Waals surface area (Å²) in [6, 6.07) is 26.8. The molecule has 4 N–H and O–H groups in total. The van der Waals surface area contributed by atoms with Crippen LogP contribution < -0.4 is 21.3 Å². The second kappa shape index (κ2) is 19.3. The van der Waals surface area contributed by atoms with Crippen LogP contribution >= 0.6 is 0 Å². The van der Waals surface area contributed by atoms with Crippen LogP contribution in [0.1, 0.15) is 50.7 Å². The van der Waals surface area contributed by atoms with Gasteiger partial charge in [0, 0.05) is 31.8 Å². The molecule has 0 bridgehead atoms. The zero-order chi connectivity index (χ0) is 33.3. The number of benzene rings is 3. The van der Waals surface area contributed by atoms with Crippen molar-refractivity contribution in [1.29, 1.82) is 0 Å². The number of alkyl carbamates (subject to hydrolysis) is 1. The highest BCUT2D eigenvalue weighted by Crippen LogP contribution is 2.16. The molecule has 3 aromatic rings. The maximum Gasteiger partial charge on any atom is 0.408 e. The van der Waals surface area contributed by atoms with Crippen molar-refractivity contribution in [3.05, 3.63) is 102 Å². The molecule has 3 amide bonds. The molecule has 4 rings (SSSR count). The largest absolute Gasteiger partial charge is 0.445 e. The number of anilines is 1. The van der Waals surface area contributed by atoms with E-state index in [-0.39, 0.29) is 43.8 Å². The summed E-state index contributed by atoms with van der Waals surface area (Å²) in [4.78, 5) is 40.1. The van der Waals surface area contributed by atoms with Gasteiger partial charge in [0.2, 0.25) is 11.8 Å². The lowest BCUT2D eigenvalue weighted by atomic mass is 10.0. The van der Waals surface area contributed by atoms with Gasteiger partial charge in [0.1, 0.15) is 18.7 Å². The van der Waals surface area contributed by atoms with Gasteiger partial charge in [0.15, 0.2) is 6.29 Å². The zero-order valence-electron chi connectivity index (χ0n) is 27.4. The fourth-order valence-corrected chi connectivity index (χ4v) is 5.27. The Kier molecular flexibility index (Phi) is 14.6. The standard InChI is InChI=1S/C37H48N4O6/c1-27(2)22-32(41-37(44)46-26-29-16-8-4-9-17-29)36(43)40-33(23-28-14-6-3-7-15-28)35(42)39-25-31(47-34-20-12-13-21-45-34)24-38-30-18-10-5-11-19-30/h3-11,14-19,27,31-34,38H,12-13,20-26H2,1-2H3,(H,39,42)(H,40,43)(H,41,44)/t31?,32-,33-,34?/m0/s1. The van der Waals surface area contributed by atoms with E-state index in [0.717, 1.165) is 36.1 Å². The van der Waals surface area contributed by atoms with Crippen LogP contribution in [0.5, 0.6) is 0 Å². The molecular formula is C37H48N4O6. The molecule has 1 aliphatic rings. The van der Waals surface area contributed by atoms with Gasteiger partial charge < -0.3 is 35.5 Å². The van der Waals surface area contributed by atoms with Crippen LogP contribution in [0.2, 0.25) is 0 Å². The number of nitrogens with one attached hydrogen (secondary N) is 4. The second-order valence-corrected chi connectivity index (χ2v) is 12.2. The quantitative estimate of drug-likeness (QED) is 0.159. The number of amides is 3. The van der Waals surface area contributed by atoms with E-state index in [1.54, 1.807) is 0 Å². The van der Waals surface area contributed by atoms with Gasteiger partial charge in [-0.25, -0.2) is 4.79 Å². The van der Waals surface area contributed by atoms with Crippen molar-refractivity contribution >= 4 is 23.6 Å². The minimum atomic E-state index is -0.893. The molecule has 0 radical (unpaired) electrons. The number of carbonyl (C=O) groups excluding carboxylic acids is 3. The Balaban J connectivity index is 1.41. The van der Waals surface area contributed by atoms with Gasteiger partial charge in [-0.1, -0.05) is 92.7 Å². The van der Waals surface area contributed by atoms with E-state index in [9.17, 15) is 14.4 Å². The molecule has 47 heavy (non-hydrogen) atoms. The Bertz CT molecular complexity index is 1350. The maximum absolute atomic E-state index is 13.7. The van der Waals surface area contributed by atoms with Crippen LogP contribution in [-0.2, 0) is 36.8 Å². The van der Waals surface area contributed by atoms with Gasteiger partial charge in [0.05, 0.1) is 6.10 Å². The lowest BCUT2D eigenvalue weighted by Gasteiger charge is -2.29. The Morgan fingerprint density at radius 3 is 2.09 bits per heavy atom. The van der Waals surface area contributed by atoms with Crippen LogP contribution in [0.4, 0.5) is 10.5 Å². The van der Waals surface area contributed by atoms with Crippen molar-refractivity contribution in [2.45, 2.75) is 77.0 Å². The SMILES string of the molecule is CC(C)C[C@H](NC(=O)OCc1ccccc1)C(=O)N[C@@H](Cc1ccccc1)C(=O)NCC(CNc1ccccc1)OC1CCCCO1. The first-order valence-electron chi connectivity index (χ1n) is 16.5. The normalized spacial score (nSPS) is 16.4. The van der Waals surface area contributed by atoms with Crippen molar-refractivity contribution in [3.63, 3.8) is 0 Å². The number of hydrogen-bond donors (Lipinski definition) is 4. The van der Waals surface area contributed by atoms with Gasteiger partial charge in [-0.2, -0.15) is 0 Å². The fraction of sp³-hybridized carbons (Fsp3) is 0.432. The summed E-state index contributed by atoms with van der Waals surface area (Å²) in [5.41, 5.74) is 2.67. The molecule has 1 fully saturated rings. The predicted octanol–water partition coefficient (Wildman–Crippen LogP) is 5.20. The summed E-state index contributed by atoms with van der Waals surface area (Å²) in [5.74, 6) is -0.714. The van der Waals surface area contributed by atoms with Crippen LogP contribution in [-0.4, -0.2) is 62.1 Å². The second-order valence-electron chi connectivity index (χ2n) is 12.2. The van der Waals surface area contributed by atoms with E-state index in [1.807, 2.05) is 105 Å². The highest BCUT2D eigenvalue weighted by Gasteiger charge is 2.29. The molecule has 3 aromatic carbocycles. The van der Waals surface area contributed by atoms with Crippen LogP contribution in [0.15, 0.2) is 91.0 Å². The van der Waals surface area contributed by atoms with Gasteiger partial charge in [0.25, 0.3) is 0 Å². The summed E-state index contributed by atoms with van der Waals surface area (Å²) in [5, 5.41) is 12.0. The number of ether oxygens (including phenoxy) is 3. The van der Waals surface area contributed by atoms with Gasteiger partial charge in [-0.15, -0.1) is 0 Å². The Hall–Kier alpha value is -4.41. The number of rotatable bonds is 17. The zero-order valence-corrected chi connectivity index (χ0v) is 27.4. The average Bonchev–Trinajstić information content (AvgIpc) is 3.09. The van der Waals surface area contributed by atoms with E-state index in [0.29, 0.717) is 19.6 Å². The Morgan fingerprint density at radius 1 is 0.787 bits per heavy atom. The molecule has 10 heteroatoms. The Labute approximate surface area is 277 Å². The maximum atomic E-state index is 13.7. The van der Waals surface area contributed by atoms with Crippen molar-refractivity contribution in [1.82, 2.24) is 16.0 Å². The third kappa shape index (κ3) is 13.1. The molecule has 1 heterocycles. The number of carbonyl (C=O) groups is 3. The van der Waals surface area contributed by atoms with E-state index in [4.69, 9.17) is 14.2 Å². The molecule has 1 saturated heterocycles. The first kappa shape index (κ1) is 35.4. The summed E-state index contributed by atoms with van der Waals surface area (Å²) in [7, 11) is 0. The lowest BCUT2D eigenvalue weighted by molar-refractivity contribution is -0.184. The summed E-state index contributed by atoms with van der Waals surface area (Å²) in [6.45, 7) is 5.31. The minimum absolute atomic E-state index is 0.0794. The lowest BCUT2D eigenvalue weighted by Crippen LogP contribution is -2.55. The van der Waals surface area contributed by atoms with Crippen LogP contribution in [0.25, 0.3) is 0 Å². The number of hydrogen-bond acceptors (Lipinski definition) is 7. The van der Waals surface area contributed by atoms with E-state index < -0.39 is 24.1 Å². The predicted molar refractivity (Wildman–Crippen MR) is 181 cm³/mol. The van der Waals surface area contributed by atoms with Crippen molar-refractivity contribution in [2.24, 2.45) is 5.92 Å². The van der Waals surface area contributed by atoms with Gasteiger partial charge in [-0.05, 0) is 54.9 Å². The molecule has 10 nitrogen and oxygen atoms in total. The van der Waals surface area contributed by atoms with Crippen molar-refractivity contribution in [2.75, 3.05) is 25.0 Å². The van der Waals surface area contributed by atoms with E-state index in [2.05, 4.69) is 21.3 Å². The van der Waals surface area contributed by atoms with Crippen LogP contribution in [0, 0.1) is 5.92 Å². The molecule has 4 atom stereocenters. The molecule has 0 spiro atoms. The fourth-order valence-electron chi connectivity index (χ4n) is 5.27. The summed E-state index contributed by atoms with van der Waals surface area (Å²) >= 11 is 0. The summed E-state index contributed by atoms with van der Waals surface area (Å²) in [6.07, 6.45) is 2.03.